The zero-order chi connectivity index (χ0) is 30.3. The van der Waals surface area contributed by atoms with Crippen molar-refractivity contribution in [2.24, 2.45) is 11.8 Å². The number of methoxy groups -OCH3 is 2. The average molecular weight is 622 g/mol. The highest BCUT2D eigenvalue weighted by Gasteiger charge is 2.34. The predicted octanol–water partition coefficient (Wildman–Crippen LogP) is 4.75. The molecule has 4 rings (SSSR count). The molecule has 1 saturated carbocycles. The number of benzene rings is 2. The molecule has 1 N–H and O–H groups in total. The van der Waals surface area contributed by atoms with Crippen LogP contribution in [0.15, 0.2) is 47.4 Å². The van der Waals surface area contributed by atoms with Gasteiger partial charge in [0.2, 0.25) is 15.9 Å². The summed E-state index contributed by atoms with van der Waals surface area (Å²) in [6.07, 6.45) is 5.80. The summed E-state index contributed by atoms with van der Waals surface area (Å²) < 4.78 is 43.9. The van der Waals surface area contributed by atoms with Gasteiger partial charge in [0.1, 0.15) is 6.61 Å². The van der Waals surface area contributed by atoms with Crippen LogP contribution < -0.4 is 14.8 Å². The van der Waals surface area contributed by atoms with Crippen LogP contribution in [0.5, 0.6) is 11.5 Å². The van der Waals surface area contributed by atoms with Crippen molar-refractivity contribution in [2.45, 2.75) is 55.6 Å². The smallest absolute Gasteiger partial charge is 0.246 e. The van der Waals surface area contributed by atoms with Crippen molar-refractivity contribution in [3.05, 3.63) is 53.1 Å². The second-order valence-corrected chi connectivity index (χ2v) is 13.9. The van der Waals surface area contributed by atoms with Crippen LogP contribution in [-0.4, -0.2) is 84.2 Å². The molecule has 1 amide bonds. The summed E-state index contributed by atoms with van der Waals surface area (Å²) in [4.78, 5) is 14.9. The maximum absolute atomic E-state index is 13.1. The van der Waals surface area contributed by atoms with Gasteiger partial charge in [-0.1, -0.05) is 36.6 Å². The number of sulfonamides is 1. The zero-order valence-corrected chi connectivity index (χ0v) is 26.6. The van der Waals surface area contributed by atoms with Crippen LogP contribution in [0, 0.1) is 11.8 Å². The van der Waals surface area contributed by atoms with Crippen LogP contribution in [-0.2, 0) is 19.6 Å². The number of nitrogens with zero attached hydrogens (tertiary/aromatic N) is 2. The van der Waals surface area contributed by atoms with Crippen LogP contribution in [0.1, 0.15) is 50.1 Å². The number of hydrogen-bond acceptors (Lipinski definition) is 7. The Hall–Kier alpha value is -2.37. The van der Waals surface area contributed by atoms with Gasteiger partial charge in [-0.2, -0.15) is 4.31 Å². The number of hydrogen-bond donors (Lipinski definition) is 1. The van der Waals surface area contributed by atoms with E-state index in [0.29, 0.717) is 48.9 Å². The quantitative estimate of drug-likeness (QED) is 0.345. The molecule has 2 fully saturated rings. The van der Waals surface area contributed by atoms with Gasteiger partial charge in [-0.25, -0.2) is 8.42 Å². The Morgan fingerprint density at radius 3 is 2.36 bits per heavy atom. The summed E-state index contributed by atoms with van der Waals surface area (Å²) in [5.41, 5.74) is 1.31. The van der Waals surface area contributed by atoms with E-state index in [4.69, 9.17) is 25.8 Å². The Morgan fingerprint density at radius 2 is 1.71 bits per heavy atom. The van der Waals surface area contributed by atoms with Crippen molar-refractivity contribution < 1.29 is 27.4 Å². The van der Waals surface area contributed by atoms with E-state index >= 15 is 0 Å². The lowest BCUT2D eigenvalue weighted by Crippen LogP contribution is -2.34. The number of amides is 1. The van der Waals surface area contributed by atoms with E-state index in [-0.39, 0.29) is 30.1 Å². The largest absolute Gasteiger partial charge is 0.493 e. The van der Waals surface area contributed by atoms with E-state index in [1.807, 2.05) is 12.1 Å². The third kappa shape index (κ3) is 8.17. The number of carbonyl (C=O) groups is 1. The number of nitrogens with one attached hydrogen (secondary N) is 1. The highest BCUT2D eigenvalue weighted by molar-refractivity contribution is 7.89. The molecule has 0 spiro atoms. The van der Waals surface area contributed by atoms with Crippen molar-refractivity contribution in [2.75, 3.05) is 54.6 Å². The molecule has 42 heavy (non-hydrogen) atoms. The zero-order valence-electron chi connectivity index (χ0n) is 25.1. The van der Waals surface area contributed by atoms with Gasteiger partial charge in [0.15, 0.2) is 11.5 Å². The lowest BCUT2D eigenvalue weighted by Gasteiger charge is -2.37. The Balaban J connectivity index is 1.16. The molecule has 2 unspecified atom stereocenters. The summed E-state index contributed by atoms with van der Waals surface area (Å²) in [5.74, 6) is 1.85. The van der Waals surface area contributed by atoms with Crippen molar-refractivity contribution >= 4 is 27.5 Å². The third-order valence-corrected chi connectivity index (χ3v) is 10.6. The normalized spacial score (nSPS) is 22.2. The standard InChI is InChI=1S/C31H44ClN3O6S/c1-34(2)31(24-9-11-25(32)12-10-24)23-7-5-22(6-8-23)15-17-33-30(36)21-41-26-16-18-35(20-26)42(37,38)27-13-14-28(39-3)29(19-27)40-4/h9-14,19,22-23,26,31H,5-8,15-18,20-21H2,1-4H3,(H,33,36). The minimum atomic E-state index is -3.72. The van der Waals surface area contributed by atoms with Gasteiger partial charge < -0.3 is 24.4 Å². The first kappa shape index (κ1) is 32.5. The van der Waals surface area contributed by atoms with E-state index < -0.39 is 10.0 Å². The molecule has 0 aromatic heterocycles. The van der Waals surface area contributed by atoms with Crippen molar-refractivity contribution in [3.63, 3.8) is 0 Å². The Morgan fingerprint density at radius 1 is 1.02 bits per heavy atom. The fourth-order valence-electron chi connectivity index (χ4n) is 6.28. The fourth-order valence-corrected chi connectivity index (χ4v) is 7.91. The van der Waals surface area contributed by atoms with Crippen molar-refractivity contribution in [1.29, 1.82) is 0 Å². The van der Waals surface area contributed by atoms with E-state index in [9.17, 15) is 13.2 Å². The van der Waals surface area contributed by atoms with Gasteiger partial charge in [0.25, 0.3) is 0 Å². The Bertz CT molecular complexity index is 1280. The minimum absolute atomic E-state index is 0.0761. The molecule has 2 aromatic rings. The molecule has 1 aliphatic heterocycles. The van der Waals surface area contributed by atoms with Gasteiger partial charge in [-0.05, 0) is 81.4 Å². The van der Waals surface area contributed by atoms with Gasteiger partial charge in [0, 0.05) is 36.8 Å². The molecular weight excluding hydrogens is 578 g/mol. The first-order chi connectivity index (χ1) is 20.1. The molecule has 2 aliphatic rings. The van der Waals surface area contributed by atoms with Crippen molar-refractivity contribution in [3.8, 4) is 11.5 Å². The molecule has 2 aromatic carbocycles. The second kappa shape index (κ2) is 14.9. The van der Waals surface area contributed by atoms with Gasteiger partial charge in [0.05, 0.1) is 25.2 Å². The van der Waals surface area contributed by atoms with Crippen molar-refractivity contribution in [1.82, 2.24) is 14.5 Å². The first-order valence-corrected chi connectivity index (χ1v) is 16.5. The third-order valence-electron chi connectivity index (χ3n) is 8.53. The molecule has 2 atom stereocenters. The summed E-state index contributed by atoms with van der Waals surface area (Å²) in [5, 5.41) is 3.75. The summed E-state index contributed by atoms with van der Waals surface area (Å²) >= 11 is 6.10. The molecule has 1 aliphatic carbocycles. The molecule has 1 heterocycles. The summed E-state index contributed by atoms with van der Waals surface area (Å²) in [6, 6.07) is 13.1. The highest BCUT2D eigenvalue weighted by atomic mass is 35.5. The summed E-state index contributed by atoms with van der Waals surface area (Å²) in [7, 11) is 3.53. The monoisotopic (exact) mass is 621 g/mol. The van der Waals surface area contributed by atoms with Gasteiger partial charge >= 0.3 is 0 Å². The van der Waals surface area contributed by atoms with E-state index in [1.54, 1.807) is 6.07 Å². The van der Waals surface area contributed by atoms with Crippen LogP contribution in [0.25, 0.3) is 0 Å². The predicted molar refractivity (Wildman–Crippen MR) is 164 cm³/mol. The Kier molecular flexibility index (Phi) is 11.5. The molecule has 1 saturated heterocycles. The molecule has 11 heteroatoms. The van der Waals surface area contributed by atoms with Gasteiger partial charge in [-0.15, -0.1) is 0 Å². The molecule has 232 valence electrons. The number of carbonyl (C=O) groups excluding carboxylic acids is 1. The van der Waals surface area contributed by atoms with E-state index in [0.717, 1.165) is 37.1 Å². The Labute approximate surface area is 255 Å². The van der Waals surface area contributed by atoms with E-state index in [1.165, 1.54) is 36.2 Å². The van der Waals surface area contributed by atoms with Crippen LogP contribution >= 0.6 is 11.6 Å². The molecule has 0 bridgehead atoms. The molecule has 9 nitrogen and oxygen atoms in total. The number of halogens is 1. The molecule has 0 radical (unpaired) electrons. The van der Waals surface area contributed by atoms with Crippen LogP contribution in [0.3, 0.4) is 0 Å². The molecular formula is C31H44ClN3O6S. The maximum Gasteiger partial charge on any atom is 0.246 e. The van der Waals surface area contributed by atoms with Gasteiger partial charge in [-0.3, -0.25) is 4.79 Å². The second-order valence-electron chi connectivity index (χ2n) is 11.5. The van der Waals surface area contributed by atoms with E-state index in [2.05, 4.69) is 36.4 Å². The highest BCUT2D eigenvalue weighted by Crippen LogP contribution is 2.40. The topological polar surface area (TPSA) is 97.4 Å². The first-order valence-electron chi connectivity index (χ1n) is 14.6. The fraction of sp³-hybridized carbons (Fsp3) is 0.581. The summed E-state index contributed by atoms with van der Waals surface area (Å²) in [6.45, 7) is 1.08. The minimum Gasteiger partial charge on any atom is -0.493 e. The number of rotatable bonds is 13. The van der Waals surface area contributed by atoms with Crippen LogP contribution in [0.2, 0.25) is 5.02 Å². The lowest BCUT2D eigenvalue weighted by atomic mass is 9.75. The SMILES string of the molecule is COc1ccc(S(=O)(=O)N2CCC(OCC(=O)NCCC3CCC(C(c4ccc(Cl)cc4)N(C)C)CC3)C2)cc1OC. The average Bonchev–Trinajstić information content (AvgIpc) is 3.47. The maximum atomic E-state index is 13.1. The lowest BCUT2D eigenvalue weighted by molar-refractivity contribution is -0.127. The van der Waals surface area contributed by atoms with Crippen LogP contribution in [0.4, 0.5) is 0 Å². The number of ether oxygens (including phenoxy) is 3.